The molecular formula is C14H19NO3. The molecule has 0 atom stereocenters. The van der Waals surface area contributed by atoms with Crippen LogP contribution in [0.5, 0.6) is 5.75 Å². The van der Waals surface area contributed by atoms with E-state index in [1.54, 1.807) is 18.2 Å². The number of piperidine rings is 1. The lowest BCUT2D eigenvalue weighted by Crippen LogP contribution is -3.13. The van der Waals surface area contributed by atoms with Crippen LogP contribution in [0.3, 0.4) is 0 Å². The van der Waals surface area contributed by atoms with Crippen molar-refractivity contribution >= 4 is 5.97 Å². The monoisotopic (exact) mass is 249 g/mol. The smallest absolute Gasteiger partial charge is 0.222 e. The van der Waals surface area contributed by atoms with Crippen molar-refractivity contribution in [1.82, 2.24) is 0 Å². The summed E-state index contributed by atoms with van der Waals surface area (Å²) in [5, 5.41) is 10.9. The first-order chi connectivity index (χ1) is 8.66. The number of para-hydroxylation sites is 1. The van der Waals surface area contributed by atoms with Crippen molar-refractivity contribution in [2.45, 2.75) is 19.8 Å². The first kappa shape index (κ1) is 12.9. The van der Waals surface area contributed by atoms with Gasteiger partial charge in [-0.05, 0) is 30.9 Å². The van der Waals surface area contributed by atoms with Crippen LogP contribution in [0.1, 0.15) is 30.1 Å². The lowest BCUT2D eigenvalue weighted by Gasteiger charge is -2.27. The van der Waals surface area contributed by atoms with Crippen molar-refractivity contribution < 1.29 is 19.5 Å². The molecular weight excluding hydrogens is 230 g/mol. The number of aromatic carboxylic acids is 1. The van der Waals surface area contributed by atoms with Crippen LogP contribution in [0, 0.1) is 5.92 Å². The average Bonchev–Trinajstić information content (AvgIpc) is 2.38. The number of hydrogen-bond donors (Lipinski definition) is 1. The van der Waals surface area contributed by atoms with Gasteiger partial charge in [-0.3, -0.25) is 0 Å². The fourth-order valence-corrected chi connectivity index (χ4v) is 2.26. The third-order valence-electron chi connectivity index (χ3n) is 3.52. The minimum atomic E-state index is -1.19. The highest BCUT2D eigenvalue weighted by Gasteiger charge is 2.19. The minimum absolute atomic E-state index is 0.127. The molecule has 0 spiro atoms. The van der Waals surface area contributed by atoms with Gasteiger partial charge in [-0.15, -0.1) is 0 Å². The Hall–Kier alpha value is -1.55. The molecule has 4 nitrogen and oxygen atoms in total. The summed E-state index contributed by atoms with van der Waals surface area (Å²) < 4.78 is 5.62. The van der Waals surface area contributed by atoms with Gasteiger partial charge in [0.25, 0.3) is 0 Å². The second-order valence-electron chi connectivity index (χ2n) is 5.00. The van der Waals surface area contributed by atoms with E-state index in [1.807, 2.05) is 0 Å². The number of benzene rings is 1. The molecule has 0 bridgehead atoms. The lowest BCUT2D eigenvalue weighted by atomic mass is 10.00. The van der Waals surface area contributed by atoms with Crippen LogP contribution in [0.15, 0.2) is 24.3 Å². The molecule has 1 aliphatic heterocycles. The summed E-state index contributed by atoms with van der Waals surface area (Å²) in [6.45, 7) is 4.98. The minimum Gasteiger partial charge on any atom is -0.545 e. The molecule has 1 heterocycles. The van der Waals surface area contributed by atoms with Crippen LogP contribution in [0.4, 0.5) is 0 Å². The molecule has 98 valence electrons. The summed E-state index contributed by atoms with van der Waals surface area (Å²) in [7, 11) is 0. The largest absolute Gasteiger partial charge is 0.545 e. The number of carboxylic acids is 1. The van der Waals surface area contributed by atoms with Crippen molar-refractivity contribution in [2.75, 3.05) is 19.8 Å². The molecule has 1 fully saturated rings. The normalized spacial score (nSPS) is 23.6. The van der Waals surface area contributed by atoms with Gasteiger partial charge in [-0.1, -0.05) is 19.1 Å². The fourth-order valence-electron chi connectivity index (χ4n) is 2.26. The second-order valence-corrected chi connectivity index (χ2v) is 5.00. The fraction of sp³-hybridized carbons (Fsp3) is 0.500. The molecule has 1 aromatic carbocycles. The Kier molecular flexibility index (Phi) is 4.20. The number of hydrogen-bond acceptors (Lipinski definition) is 3. The summed E-state index contributed by atoms with van der Waals surface area (Å²) in [5.41, 5.74) is 0.127. The average molecular weight is 249 g/mol. The summed E-state index contributed by atoms with van der Waals surface area (Å²) in [6.07, 6.45) is 2.42. The van der Waals surface area contributed by atoms with Crippen LogP contribution < -0.4 is 14.7 Å². The number of ether oxygens (including phenoxy) is 1. The molecule has 1 aliphatic rings. The van der Waals surface area contributed by atoms with Gasteiger partial charge in [0.15, 0.2) is 0 Å². The Morgan fingerprint density at radius 3 is 2.72 bits per heavy atom. The van der Waals surface area contributed by atoms with Crippen LogP contribution in [-0.4, -0.2) is 25.8 Å². The molecule has 0 aliphatic carbocycles. The molecule has 0 radical (unpaired) electrons. The molecule has 0 amide bonds. The van der Waals surface area contributed by atoms with Gasteiger partial charge in [0.2, 0.25) is 6.73 Å². The second kappa shape index (κ2) is 5.87. The maximum Gasteiger partial charge on any atom is 0.222 e. The Morgan fingerprint density at radius 1 is 1.39 bits per heavy atom. The Labute approximate surface area is 107 Å². The first-order valence-electron chi connectivity index (χ1n) is 6.43. The van der Waals surface area contributed by atoms with Crippen molar-refractivity contribution in [3.8, 4) is 5.75 Å². The predicted molar refractivity (Wildman–Crippen MR) is 65.4 cm³/mol. The summed E-state index contributed by atoms with van der Waals surface area (Å²) in [5.74, 6) is 0.0146. The van der Waals surface area contributed by atoms with E-state index in [0.29, 0.717) is 12.5 Å². The van der Waals surface area contributed by atoms with E-state index in [2.05, 4.69) is 6.92 Å². The number of nitrogens with one attached hydrogen (secondary N) is 1. The van der Waals surface area contributed by atoms with Crippen molar-refractivity contribution in [3.63, 3.8) is 0 Å². The molecule has 1 aromatic rings. The van der Waals surface area contributed by atoms with E-state index in [-0.39, 0.29) is 5.56 Å². The zero-order valence-corrected chi connectivity index (χ0v) is 10.6. The van der Waals surface area contributed by atoms with E-state index < -0.39 is 5.97 Å². The highest BCUT2D eigenvalue weighted by Crippen LogP contribution is 2.16. The first-order valence-corrected chi connectivity index (χ1v) is 6.43. The van der Waals surface area contributed by atoms with Crippen LogP contribution in [0.2, 0.25) is 0 Å². The quantitative estimate of drug-likeness (QED) is 0.797. The van der Waals surface area contributed by atoms with E-state index in [0.717, 1.165) is 19.0 Å². The summed E-state index contributed by atoms with van der Waals surface area (Å²) in [6, 6.07) is 6.64. The van der Waals surface area contributed by atoms with Crippen LogP contribution in [-0.2, 0) is 0 Å². The topological polar surface area (TPSA) is 53.8 Å². The number of carboxylic acid groups (broad SMARTS) is 1. The SMILES string of the molecule is CC1CC[NH+](COc2ccccc2C(=O)[O-])CC1. The highest BCUT2D eigenvalue weighted by molar-refractivity contribution is 5.89. The van der Waals surface area contributed by atoms with Crippen molar-refractivity contribution in [3.05, 3.63) is 29.8 Å². The Morgan fingerprint density at radius 2 is 2.06 bits per heavy atom. The zero-order chi connectivity index (χ0) is 13.0. The molecule has 0 unspecified atom stereocenters. The molecule has 1 N–H and O–H groups in total. The predicted octanol–water partition coefficient (Wildman–Crippen LogP) is -0.299. The van der Waals surface area contributed by atoms with Crippen LogP contribution in [0.25, 0.3) is 0 Å². The van der Waals surface area contributed by atoms with Gasteiger partial charge in [-0.2, -0.15) is 0 Å². The van der Waals surface area contributed by atoms with Gasteiger partial charge >= 0.3 is 0 Å². The third-order valence-corrected chi connectivity index (χ3v) is 3.52. The maximum absolute atomic E-state index is 10.9. The van der Waals surface area contributed by atoms with Gasteiger partial charge < -0.3 is 19.5 Å². The number of carbonyl (C=O) groups is 1. The highest BCUT2D eigenvalue weighted by atomic mass is 16.5. The van der Waals surface area contributed by atoms with E-state index in [1.165, 1.54) is 23.8 Å². The van der Waals surface area contributed by atoms with Gasteiger partial charge in [0.1, 0.15) is 5.75 Å². The number of likely N-dealkylation sites (tertiary alicyclic amines) is 1. The Bertz CT molecular complexity index is 411. The number of quaternary nitrogens is 1. The Balaban J connectivity index is 1.92. The van der Waals surface area contributed by atoms with Gasteiger partial charge in [-0.25, -0.2) is 0 Å². The zero-order valence-electron chi connectivity index (χ0n) is 10.6. The molecule has 1 saturated heterocycles. The number of carbonyl (C=O) groups excluding carboxylic acids is 1. The van der Waals surface area contributed by atoms with Gasteiger partial charge in [0, 0.05) is 5.56 Å². The van der Waals surface area contributed by atoms with Crippen molar-refractivity contribution in [2.24, 2.45) is 5.92 Å². The van der Waals surface area contributed by atoms with E-state index >= 15 is 0 Å². The maximum atomic E-state index is 10.9. The molecule has 4 heteroatoms. The molecule has 2 rings (SSSR count). The molecule has 0 saturated carbocycles. The standard InChI is InChI=1S/C14H19NO3/c1-11-6-8-15(9-7-11)10-18-13-5-3-2-4-12(13)14(16)17/h2-5,11H,6-10H2,1H3,(H,16,17). The molecule has 18 heavy (non-hydrogen) atoms. The lowest BCUT2D eigenvalue weighted by molar-refractivity contribution is -0.921. The van der Waals surface area contributed by atoms with Crippen molar-refractivity contribution in [1.29, 1.82) is 0 Å². The van der Waals surface area contributed by atoms with Gasteiger partial charge in [0.05, 0.1) is 19.1 Å². The number of rotatable bonds is 4. The van der Waals surface area contributed by atoms with Crippen LogP contribution >= 0.6 is 0 Å². The summed E-state index contributed by atoms with van der Waals surface area (Å²) >= 11 is 0. The summed E-state index contributed by atoms with van der Waals surface area (Å²) in [4.78, 5) is 12.3. The van der Waals surface area contributed by atoms with E-state index in [4.69, 9.17) is 4.74 Å². The molecule has 0 aromatic heterocycles. The van der Waals surface area contributed by atoms with E-state index in [9.17, 15) is 9.90 Å². The third kappa shape index (κ3) is 3.23.